The summed E-state index contributed by atoms with van der Waals surface area (Å²) < 4.78 is 10.7. The average Bonchev–Trinajstić information content (AvgIpc) is 3.75. The molecule has 1 aliphatic heterocycles. The molecule has 332 valence electrons. The molecule has 3 heterocycles. The van der Waals surface area contributed by atoms with Crippen LogP contribution in [-0.4, -0.2) is 104 Å². The maximum atomic E-state index is 13.0. The number of hydrogen-bond donors (Lipinski definition) is 5. The van der Waals surface area contributed by atoms with Gasteiger partial charge >= 0.3 is 0 Å². The Morgan fingerprint density at radius 3 is 1.45 bits per heavy atom. The van der Waals surface area contributed by atoms with Gasteiger partial charge in [0.1, 0.15) is 34.8 Å². The third-order valence-corrected chi connectivity index (χ3v) is 10.2. The van der Waals surface area contributed by atoms with Gasteiger partial charge in [0, 0.05) is 62.3 Å². The SMILES string of the molecule is COc1cccc(C(=O)Nc2ccc(Cl)cn2)c1NC(=O)c1ccc(C(=N)N(C)C)cc1.COc1cccc(C(=O)Nc2ccc(Cl)cn2)c1NC(=O)c1ccc(C2=NCCN2C)cc1. The van der Waals surface area contributed by atoms with E-state index in [1.807, 2.05) is 19.2 Å². The van der Waals surface area contributed by atoms with Gasteiger partial charge in [-0.3, -0.25) is 29.6 Å². The highest BCUT2D eigenvalue weighted by atomic mass is 35.5. The first-order valence-corrected chi connectivity index (χ1v) is 20.6. The van der Waals surface area contributed by atoms with E-state index in [9.17, 15) is 19.2 Å². The molecular weight excluding hydrogens is 871 g/mol. The molecule has 5 N–H and O–H groups in total. The second-order valence-electron chi connectivity index (χ2n) is 14.3. The van der Waals surface area contributed by atoms with Gasteiger partial charge in [-0.05, 0) is 72.8 Å². The first-order valence-electron chi connectivity index (χ1n) is 19.8. The van der Waals surface area contributed by atoms with E-state index in [4.69, 9.17) is 38.1 Å². The summed E-state index contributed by atoms with van der Waals surface area (Å²) in [5.41, 5.74) is 3.38. The summed E-state index contributed by atoms with van der Waals surface area (Å²) in [6, 6.07) is 30.0. The lowest BCUT2D eigenvalue weighted by Gasteiger charge is -2.16. The van der Waals surface area contributed by atoms with Crippen LogP contribution >= 0.6 is 23.2 Å². The number of carbonyl (C=O) groups is 4. The minimum atomic E-state index is -0.469. The minimum absolute atomic E-state index is 0.209. The summed E-state index contributed by atoms with van der Waals surface area (Å²) in [5.74, 6) is 0.874. The van der Waals surface area contributed by atoms with Gasteiger partial charge < -0.3 is 40.5 Å². The number of nitrogens with one attached hydrogen (secondary N) is 5. The topological polar surface area (TPSA) is 203 Å². The number of nitrogens with zero attached hydrogens (tertiary/aromatic N) is 5. The van der Waals surface area contributed by atoms with Crippen LogP contribution in [0.25, 0.3) is 0 Å². The summed E-state index contributed by atoms with van der Waals surface area (Å²) in [5, 5.41) is 19.9. The molecule has 0 spiro atoms. The van der Waals surface area contributed by atoms with Crippen molar-refractivity contribution in [3.63, 3.8) is 0 Å². The number of para-hydroxylation sites is 2. The number of likely N-dealkylation sites (N-methyl/N-ethyl adjacent to an activating group) is 1. The zero-order valence-corrected chi connectivity index (χ0v) is 37.4. The molecule has 0 unspecified atom stereocenters. The summed E-state index contributed by atoms with van der Waals surface area (Å²) in [6.45, 7) is 1.64. The van der Waals surface area contributed by atoms with Crippen molar-refractivity contribution in [3.8, 4) is 11.5 Å². The molecule has 0 saturated heterocycles. The fourth-order valence-corrected chi connectivity index (χ4v) is 6.55. The predicted octanol–water partition coefficient (Wildman–Crippen LogP) is 8.08. The van der Waals surface area contributed by atoms with Crippen LogP contribution in [0.4, 0.5) is 23.0 Å². The molecule has 7 rings (SSSR count). The Kier molecular flexibility index (Phi) is 15.4. The second-order valence-corrected chi connectivity index (χ2v) is 15.2. The molecule has 2 aromatic heterocycles. The summed E-state index contributed by atoms with van der Waals surface area (Å²) in [6.07, 6.45) is 2.86. The molecule has 16 nitrogen and oxygen atoms in total. The maximum absolute atomic E-state index is 13.0. The Morgan fingerprint density at radius 2 is 1.06 bits per heavy atom. The molecule has 0 bridgehead atoms. The number of amides is 4. The Balaban J connectivity index is 0.000000216. The number of carbonyl (C=O) groups excluding carboxylic acids is 4. The van der Waals surface area contributed by atoms with Gasteiger partial charge in [0.15, 0.2) is 0 Å². The maximum Gasteiger partial charge on any atom is 0.259 e. The smallest absolute Gasteiger partial charge is 0.259 e. The van der Waals surface area contributed by atoms with Crippen molar-refractivity contribution in [1.29, 1.82) is 5.41 Å². The number of anilines is 4. The number of benzene rings is 4. The van der Waals surface area contributed by atoms with Crippen molar-refractivity contribution < 1.29 is 28.7 Å². The van der Waals surface area contributed by atoms with Gasteiger partial charge in [0.05, 0.1) is 53.3 Å². The normalized spacial score (nSPS) is 11.6. The van der Waals surface area contributed by atoms with Crippen molar-refractivity contribution in [1.82, 2.24) is 19.8 Å². The Labute approximate surface area is 385 Å². The summed E-state index contributed by atoms with van der Waals surface area (Å²) >= 11 is 11.7. The first kappa shape index (κ1) is 46.7. The van der Waals surface area contributed by atoms with Crippen LogP contribution in [0, 0.1) is 5.41 Å². The summed E-state index contributed by atoms with van der Waals surface area (Å²) in [7, 11) is 8.46. The number of amidine groups is 2. The fraction of sp³-hybridized carbons (Fsp3) is 0.149. The van der Waals surface area contributed by atoms with E-state index < -0.39 is 17.7 Å². The van der Waals surface area contributed by atoms with Crippen molar-refractivity contribution in [2.45, 2.75) is 0 Å². The zero-order valence-electron chi connectivity index (χ0n) is 35.9. The number of halogens is 2. The first-order chi connectivity index (χ1) is 31.3. The monoisotopic (exact) mass is 914 g/mol. The molecule has 0 radical (unpaired) electrons. The number of ether oxygens (including phenoxy) is 2. The van der Waals surface area contributed by atoms with Gasteiger partial charge in [-0.25, -0.2) is 9.97 Å². The second kappa shape index (κ2) is 21.5. The lowest BCUT2D eigenvalue weighted by atomic mass is 10.1. The Hall–Kier alpha value is -7.82. The predicted molar refractivity (Wildman–Crippen MR) is 254 cm³/mol. The number of aliphatic imine (C=N–C) groups is 1. The molecule has 6 aromatic rings. The highest BCUT2D eigenvalue weighted by molar-refractivity contribution is 6.30. The fourth-order valence-electron chi connectivity index (χ4n) is 6.33. The largest absolute Gasteiger partial charge is 0.495 e. The molecular formula is C47H44Cl2N10O6. The lowest BCUT2D eigenvalue weighted by molar-refractivity contribution is 0.101. The number of hydrogen-bond acceptors (Lipinski definition) is 11. The van der Waals surface area contributed by atoms with E-state index in [1.165, 1.54) is 26.6 Å². The quantitative estimate of drug-likeness (QED) is 0.0590. The van der Waals surface area contributed by atoms with Crippen LogP contribution in [0.5, 0.6) is 11.5 Å². The molecule has 0 atom stereocenters. The van der Waals surface area contributed by atoms with Crippen LogP contribution in [0.15, 0.2) is 127 Å². The van der Waals surface area contributed by atoms with Crippen molar-refractivity contribution in [3.05, 3.63) is 165 Å². The highest BCUT2D eigenvalue weighted by Crippen LogP contribution is 2.31. The van der Waals surface area contributed by atoms with E-state index in [0.29, 0.717) is 55.7 Å². The van der Waals surface area contributed by atoms with Gasteiger partial charge in [-0.15, -0.1) is 0 Å². The zero-order chi connectivity index (χ0) is 46.6. The number of rotatable bonds is 12. The molecule has 0 aliphatic carbocycles. The van der Waals surface area contributed by atoms with Crippen LogP contribution < -0.4 is 30.7 Å². The van der Waals surface area contributed by atoms with Crippen molar-refractivity contribution in [2.75, 3.05) is 69.7 Å². The molecule has 18 heteroatoms. The number of methoxy groups -OCH3 is 2. The van der Waals surface area contributed by atoms with Gasteiger partial charge in [0.25, 0.3) is 23.6 Å². The molecule has 0 fully saturated rings. The molecule has 4 aromatic carbocycles. The Morgan fingerprint density at radius 1 is 0.615 bits per heavy atom. The average molecular weight is 916 g/mol. The minimum Gasteiger partial charge on any atom is -0.495 e. The van der Waals surface area contributed by atoms with E-state index in [2.05, 4.69) is 41.1 Å². The standard InChI is InChI=1S/C24H22ClN5O3.C23H22ClN5O3/c1-30-13-12-26-22(30)15-6-8-16(9-7-15)23(31)29-21-18(4-3-5-19(21)33-2)24(32)28-20-11-10-17(25)14-27-20;1-29(2)21(25)14-7-9-15(10-8-14)22(30)28-20-17(5-4-6-18(20)32-3)23(31)27-19-12-11-16(24)13-26-19/h3-11,14H,12-13H2,1-2H3,(H,29,31)(H,27,28,32);4-13,25H,1-3H3,(H,28,30)(H,26,27,31). The molecule has 1 aliphatic rings. The summed E-state index contributed by atoms with van der Waals surface area (Å²) in [4.78, 5) is 68.0. The number of pyridine rings is 2. The van der Waals surface area contributed by atoms with Crippen LogP contribution in [0.3, 0.4) is 0 Å². The molecule has 4 amide bonds. The van der Waals surface area contributed by atoms with Crippen LogP contribution in [0.2, 0.25) is 10.0 Å². The van der Waals surface area contributed by atoms with Gasteiger partial charge in [0.2, 0.25) is 0 Å². The van der Waals surface area contributed by atoms with Crippen molar-refractivity contribution in [2.24, 2.45) is 4.99 Å². The molecule has 65 heavy (non-hydrogen) atoms. The van der Waals surface area contributed by atoms with E-state index >= 15 is 0 Å². The van der Waals surface area contributed by atoms with Crippen LogP contribution in [-0.2, 0) is 0 Å². The van der Waals surface area contributed by atoms with Crippen LogP contribution in [0.1, 0.15) is 52.6 Å². The van der Waals surface area contributed by atoms with Crippen molar-refractivity contribution >= 4 is 81.5 Å². The number of aromatic nitrogens is 2. The van der Waals surface area contributed by atoms with E-state index in [-0.39, 0.29) is 28.4 Å². The lowest BCUT2D eigenvalue weighted by Crippen LogP contribution is -2.23. The van der Waals surface area contributed by atoms with Gasteiger partial charge in [-0.1, -0.05) is 59.6 Å². The Bertz CT molecular complexity index is 2730. The third kappa shape index (κ3) is 11.8. The van der Waals surface area contributed by atoms with Gasteiger partial charge in [-0.2, -0.15) is 0 Å². The van der Waals surface area contributed by atoms with E-state index in [0.717, 1.165) is 24.5 Å². The third-order valence-electron chi connectivity index (χ3n) is 9.73. The highest BCUT2D eigenvalue weighted by Gasteiger charge is 2.22. The molecule has 0 saturated carbocycles. The van der Waals surface area contributed by atoms with E-state index in [1.54, 1.807) is 116 Å².